The van der Waals surface area contributed by atoms with Crippen molar-refractivity contribution in [1.82, 2.24) is 9.55 Å². The van der Waals surface area contributed by atoms with Crippen LogP contribution in [0.1, 0.15) is 51.4 Å². The van der Waals surface area contributed by atoms with Crippen molar-refractivity contribution in [1.29, 1.82) is 0 Å². The van der Waals surface area contributed by atoms with Crippen LogP contribution in [0.3, 0.4) is 0 Å². The van der Waals surface area contributed by atoms with Gasteiger partial charge in [-0.3, -0.25) is 4.79 Å². The van der Waals surface area contributed by atoms with E-state index in [1.165, 1.54) is 0 Å². The summed E-state index contributed by atoms with van der Waals surface area (Å²) >= 11 is 0. The fourth-order valence-corrected chi connectivity index (χ4v) is 2.54. The molecule has 0 radical (unpaired) electrons. The third-order valence-electron chi connectivity index (χ3n) is 3.99. The maximum Gasteiger partial charge on any atom is 0.226 e. The Hall–Kier alpha value is -2.14. The molecule has 1 aromatic heterocycles. The Labute approximate surface area is 143 Å². The molecule has 1 aromatic carbocycles. The quantitative estimate of drug-likeness (QED) is 0.818. The molecule has 2 aromatic rings. The number of rotatable bonds is 7. The van der Waals surface area contributed by atoms with E-state index in [2.05, 4.69) is 28.7 Å². The van der Waals surface area contributed by atoms with Gasteiger partial charge in [0.25, 0.3) is 0 Å². The van der Waals surface area contributed by atoms with Crippen LogP contribution in [0.15, 0.2) is 36.7 Å². The summed E-state index contributed by atoms with van der Waals surface area (Å²) in [4.78, 5) is 16.4. The van der Waals surface area contributed by atoms with Crippen LogP contribution < -0.4 is 5.32 Å². The molecule has 130 valence electrons. The summed E-state index contributed by atoms with van der Waals surface area (Å²) in [6.07, 6.45) is 3.28. The lowest BCUT2D eigenvalue weighted by Crippen LogP contribution is -2.23. The summed E-state index contributed by atoms with van der Waals surface area (Å²) in [6, 6.07) is 7.78. The standard InChI is InChI=1S/C19H27N3O2/c1-13(2)17(23)11-18(24)21-16-7-5-6-15(10-16)12-22-9-8-20-19(22)14(3)4/h5-10,13-14,17,23H,11-12H2,1-4H3,(H,21,24). The Balaban J connectivity index is 2.03. The summed E-state index contributed by atoms with van der Waals surface area (Å²) in [5, 5.41) is 12.7. The SMILES string of the molecule is CC(C)c1nccn1Cc1cccc(NC(=O)CC(O)C(C)C)c1. The van der Waals surface area contributed by atoms with Gasteiger partial charge in [-0.05, 0) is 23.6 Å². The van der Waals surface area contributed by atoms with Crippen molar-refractivity contribution in [2.45, 2.75) is 52.7 Å². The van der Waals surface area contributed by atoms with Crippen molar-refractivity contribution in [2.75, 3.05) is 5.32 Å². The fourth-order valence-electron chi connectivity index (χ4n) is 2.54. The first-order valence-electron chi connectivity index (χ1n) is 8.44. The zero-order valence-electron chi connectivity index (χ0n) is 14.9. The van der Waals surface area contributed by atoms with E-state index < -0.39 is 6.10 Å². The average molecular weight is 329 g/mol. The first-order valence-corrected chi connectivity index (χ1v) is 8.44. The van der Waals surface area contributed by atoms with E-state index in [9.17, 15) is 9.90 Å². The van der Waals surface area contributed by atoms with Gasteiger partial charge in [0.05, 0.1) is 12.5 Å². The summed E-state index contributed by atoms with van der Waals surface area (Å²) in [7, 11) is 0. The van der Waals surface area contributed by atoms with Crippen LogP contribution in [0, 0.1) is 5.92 Å². The predicted molar refractivity (Wildman–Crippen MR) is 96.0 cm³/mol. The number of aromatic nitrogens is 2. The van der Waals surface area contributed by atoms with Crippen LogP contribution in [0.2, 0.25) is 0 Å². The number of anilines is 1. The van der Waals surface area contributed by atoms with E-state index >= 15 is 0 Å². The lowest BCUT2D eigenvalue weighted by molar-refractivity contribution is -0.118. The zero-order valence-corrected chi connectivity index (χ0v) is 14.9. The van der Waals surface area contributed by atoms with Crippen molar-refractivity contribution in [3.63, 3.8) is 0 Å². The number of benzene rings is 1. The molecule has 5 heteroatoms. The highest BCUT2D eigenvalue weighted by molar-refractivity contribution is 5.91. The fraction of sp³-hybridized carbons (Fsp3) is 0.474. The molecule has 1 atom stereocenters. The molecule has 0 spiro atoms. The minimum atomic E-state index is -0.618. The van der Waals surface area contributed by atoms with Gasteiger partial charge in [-0.1, -0.05) is 39.8 Å². The Morgan fingerprint density at radius 2 is 2.04 bits per heavy atom. The number of nitrogens with one attached hydrogen (secondary N) is 1. The monoisotopic (exact) mass is 329 g/mol. The topological polar surface area (TPSA) is 67.2 Å². The largest absolute Gasteiger partial charge is 0.392 e. The lowest BCUT2D eigenvalue weighted by atomic mass is 10.0. The minimum Gasteiger partial charge on any atom is -0.392 e. The Bertz CT molecular complexity index is 677. The van der Waals surface area contributed by atoms with E-state index in [1.54, 1.807) is 0 Å². The van der Waals surface area contributed by atoms with Gasteiger partial charge in [-0.15, -0.1) is 0 Å². The van der Waals surface area contributed by atoms with Gasteiger partial charge >= 0.3 is 0 Å². The number of nitrogens with zero attached hydrogens (tertiary/aromatic N) is 2. The molecule has 2 rings (SSSR count). The average Bonchev–Trinajstić information content (AvgIpc) is 2.95. The second-order valence-electron chi connectivity index (χ2n) is 6.83. The molecule has 1 unspecified atom stereocenters. The maximum absolute atomic E-state index is 12.0. The van der Waals surface area contributed by atoms with Crippen molar-refractivity contribution in [3.8, 4) is 0 Å². The van der Waals surface area contributed by atoms with Gasteiger partial charge in [0.1, 0.15) is 5.82 Å². The lowest BCUT2D eigenvalue weighted by Gasteiger charge is -2.15. The summed E-state index contributed by atoms with van der Waals surface area (Å²) in [6.45, 7) is 8.75. The molecule has 0 fully saturated rings. The van der Waals surface area contributed by atoms with E-state index in [-0.39, 0.29) is 18.2 Å². The van der Waals surface area contributed by atoms with Crippen molar-refractivity contribution >= 4 is 11.6 Å². The molecule has 0 saturated carbocycles. The first-order chi connectivity index (χ1) is 11.4. The van der Waals surface area contributed by atoms with E-state index in [0.717, 1.165) is 17.1 Å². The smallest absolute Gasteiger partial charge is 0.226 e. The number of imidazole rings is 1. The Morgan fingerprint density at radius 1 is 1.29 bits per heavy atom. The van der Waals surface area contributed by atoms with Gasteiger partial charge in [0.15, 0.2) is 0 Å². The van der Waals surface area contributed by atoms with Crippen LogP contribution in [-0.4, -0.2) is 26.7 Å². The molecule has 2 N–H and O–H groups in total. The second kappa shape index (κ2) is 8.11. The highest BCUT2D eigenvalue weighted by Gasteiger charge is 2.14. The molecule has 0 aliphatic rings. The van der Waals surface area contributed by atoms with Gasteiger partial charge in [0, 0.05) is 30.5 Å². The highest BCUT2D eigenvalue weighted by atomic mass is 16.3. The number of hydrogen-bond donors (Lipinski definition) is 2. The zero-order chi connectivity index (χ0) is 17.7. The van der Waals surface area contributed by atoms with Crippen molar-refractivity contribution in [2.24, 2.45) is 5.92 Å². The van der Waals surface area contributed by atoms with E-state index in [4.69, 9.17) is 0 Å². The van der Waals surface area contributed by atoms with E-state index in [0.29, 0.717) is 12.5 Å². The number of aliphatic hydroxyl groups excluding tert-OH is 1. The summed E-state index contributed by atoms with van der Waals surface area (Å²) in [5.41, 5.74) is 1.84. The van der Waals surface area contributed by atoms with Crippen LogP contribution >= 0.6 is 0 Å². The molecule has 1 heterocycles. The first kappa shape index (κ1) is 18.2. The molecular weight excluding hydrogens is 302 g/mol. The third kappa shape index (κ3) is 4.93. The Kier molecular flexibility index (Phi) is 6.15. The Morgan fingerprint density at radius 3 is 2.71 bits per heavy atom. The van der Waals surface area contributed by atoms with Gasteiger partial charge < -0.3 is 15.0 Å². The van der Waals surface area contributed by atoms with Crippen molar-refractivity contribution < 1.29 is 9.90 Å². The number of amides is 1. The van der Waals surface area contributed by atoms with Gasteiger partial charge in [0.2, 0.25) is 5.91 Å². The molecule has 0 aliphatic heterocycles. The van der Waals surface area contributed by atoms with Crippen LogP contribution in [0.25, 0.3) is 0 Å². The van der Waals surface area contributed by atoms with Gasteiger partial charge in [-0.25, -0.2) is 4.98 Å². The number of carbonyl (C=O) groups excluding carboxylic acids is 1. The van der Waals surface area contributed by atoms with Crippen LogP contribution in [0.5, 0.6) is 0 Å². The predicted octanol–water partition coefficient (Wildman–Crippen LogP) is 3.40. The van der Waals surface area contributed by atoms with Crippen molar-refractivity contribution in [3.05, 3.63) is 48.0 Å². The summed E-state index contributed by atoms with van der Waals surface area (Å²) in [5.74, 6) is 1.31. The van der Waals surface area contributed by atoms with E-state index in [1.807, 2.05) is 50.5 Å². The molecule has 0 bridgehead atoms. The molecule has 1 amide bonds. The van der Waals surface area contributed by atoms with Crippen LogP contribution in [-0.2, 0) is 11.3 Å². The summed E-state index contributed by atoms with van der Waals surface area (Å²) < 4.78 is 2.12. The van der Waals surface area contributed by atoms with Crippen LogP contribution in [0.4, 0.5) is 5.69 Å². The highest BCUT2D eigenvalue weighted by Crippen LogP contribution is 2.17. The number of aliphatic hydroxyl groups is 1. The number of hydrogen-bond acceptors (Lipinski definition) is 3. The maximum atomic E-state index is 12.0. The molecule has 24 heavy (non-hydrogen) atoms. The molecule has 0 aliphatic carbocycles. The second-order valence-corrected chi connectivity index (χ2v) is 6.83. The normalized spacial score (nSPS) is 12.6. The van der Waals surface area contributed by atoms with Gasteiger partial charge in [-0.2, -0.15) is 0 Å². The molecule has 5 nitrogen and oxygen atoms in total. The molecule has 0 saturated heterocycles. The minimum absolute atomic E-state index is 0.0674. The molecular formula is C19H27N3O2. The number of carbonyl (C=O) groups is 1. The third-order valence-corrected chi connectivity index (χ3v) is 3.99.